The molecule has 0 aliphatic heterocycles. The largest absolute Gasteiger partial charge is 0.493 e. The average molecular weight is 314 g/mol. The quantitative estimate of drug-likeness (QED) is 0.170. The predicted molar refractivity (Wildman–Crippen MR) is 83.3 cm³/mol. The molecule has 0 rings (SSSR count). The lowest BCUT2D eigenvalue weighted by Gasteiger charge is -2.19. The zero-order valence-corrected chi connectivity index (χ0v) is 14.4. The Labute approximate surface area is 131 Å². The molecule has 0 bridgehead atoms. The fourth-order valence-corrected chi connectivity index (χ4v) is 1.32. The molecule has 0 saturated heterocycles. The summed E-state index contributed by atoms with van der Waals surface area (Å²) in [6, 6.07) is 0. The summed E-state index contributed by atoms with van der Waals surface area (Å²) in [5.41, 5.74) is -1.07. The van der Waals surface area contributed by atoms with Crippen LogP contribution in [0.3, 0.4) is 0 Å². The summed E-state index contributed by atoms with van der Waals surface area (Å²) in [6.07, 6.45) is 1.81. The van der Waals surface area contributed by atoms with Gasteiger partial charge in [0.25, 0.3) is 0 Å². The normalized spacial score (nSPS) is 12.7. The lowest BCUT2D eigenvalue weighted by atomic mass is 10.2. The first-order valence-electron chi connectivity index (χ1n) is 6.95. The van der Waals surface area contributed by atoms with Gasteiger partial charge in [-0.1, -0.05) is 5.16 Å². The standard InChI is InChI=1S/C15H26N2O5/c1-11(10-17(6)7)20-8-9-21-16-13(12(2)18)14(19)22-15(3,4)5/h10H,8-9H2,1-7H3/b11-10+,16-13+. The van der Waals surface area contributed by atoms with Crippen LogP contribution in [0.25, 0.3) is 0 Å². The number of allylic oxidation sites excluding steroid dienone is 1. The minimum Gasteiger partial charge on any atom is -0.493 e. The maximum absolute atomic E-state index is 11.8. The third-order valence-electron chi connectivity index (χ3n) is 2.03. The first-order valence-corrected chi connectivity index (χ1v) is 6.95. The van der Waals surface area contributed by atoms with Gasteiger partial charge in [-0.25, -0.2) is 4.79 Å². The van der Waals surface area contributed by atoms with Crippen LogP contribution < -0.4 is 0 Å². The van der Waals surface area contributed by atoms with E-state index >= 15 is 0 Å². The van der Waals surface area contributed by atoms with Gasteiger partial charge >= 0.3 is 5.97 Å². The van der Waals surface area contributed by atoms with Crippen molar-refractivity contribution in [2.75, 3.05) is 27.3 Å². The number of oxime groups is 1. The van der Waals surface area contributed by atoms with Crippen LogP contribution in [-0.2, 0) is 23.9 Å². The van der Waals surface area contributed by atoms with Gasteiger partial charge in [0.05, 0.1) is 0 Å². The maximum Gasteiger partial charge on any atom is 0.364 e. The fraction of sp³-hybridized carbons (Fsp3) is 0.667. The summed E-state index contributed by atoms with van der Waals surface area (Å²) >= 11 is 0. The van der Waals surface area contributed by atoms with Gasteiger partial charge in [-0.2, -0.15) is 0 Å². The molecule has 126 valence electrons. The molecular weight excluding hydrogens is 288 g/mol. The monoisotopic (exact) mass is 314 g/mol. The molecule has 0 fully saturated rings. The van der Waals surface area contributed by atoms with Crippen molar-refractivity contribution >= 4 is 17.5 Å². The number of hydrogen-bond acceptors (Lipinski definition) is 7. The Morgan fingerprint density at radius 3 is 2.18 bits per heavy atom. The van der Waals surface area contributed by atoms with E-state index in [-0.39, 0.29) is 18.9 Å². The van der Waals surface area contributed by atoms with Crippen molar-refractivity contribution in [3.8, 4) is 0 Å². The zero-order chi connectivity index (χ0) is 17.3. The lowest BCUT2D eigenvalue weighted by molar-refractivity contribution is -0.146. The van der Waals surface area contributed by atoms with Crippen LogP contribution in [0.4, 0.5) is 0 Å². The second-order valence-corrected chi connectivity index (χ2v) is 5.88. The van der Waals surface area contributed by atoms with E-state index in [1.165, 1.54) is 6.92 Å². The Balaban J connectivity index is 4.42. The van der Waals surface area contributed by atoms with E-state index in [2.05, 4.69) is 5.16 Å². The summed E-state index contributed by atoms with van der Waals surface area (Å²) in [5.74, 6) is -0.597. The van der Waals surface area contributed by atoms with E-state index in [9.17, 15) is 9.59 Å². The summed E-state index contributed by atoms with van der Waals surface area (Å²) in [7, 11) is 3.77. The molecule has 0 heterocycles. The van der Waals surface area contributed by atoms with Gasteiger partial charge in [0.2, 0.25) is 5.71 Å². The first kappa shape index (κ1) is 19.9. The van der Waals surface area contributed by atoms with Crippen molar-refractivity contribution in [2.24, 2.45) is 5.16 Å². The summed E-state index contributed by atoms with van der Waals surface area (Å²) in [6.45, 7) is 8.51. The minimum atomic E-state index is -0.801. The molecule has 0 saturated carbocycles. The molecule has 0 aromatic rings. The number of carbonyl (C=O) groups excluding carboxylic acids is 2. The van der Waals surface area contributed by atoms with E-state index < -0.39 is 17.4 Å². The number of esters is 1. The minimum absolute atomic E-state index is 0.109. The highest BCUT2D eigenvalue weighted by Gasteiger charge is 2.25. The van der Waals surface area contributed by atoms with Crippen LogP contribution >= 0.6 is 0 Å². The highest BCUT2D eigenvalue weighted by molar-refractivity contribution is 6.63. The van der Waals surface area contributed by atoms with E-state index in [4.69, 9.17) is 14.3 Å². The maximum atomic E-state index is 11.8. The van der Waals surface area contributed by atoms with E-state index in [0.29, 0.717) is 0 Å². The number of carbonyl (C=O) groups is 2. The summed E-state index contributed by atoms with van der Waals surface area (Å²) < 4.78 is 10.4. The molecule has 0 radical (unpaired) electrons. The van der Waals surface area contributed by atoms with Gasteiger partial charge in [-0.3, -0.25) is 4.79 Å². The molecule has 22 heavy (non-hydrogen) atoms. The molecule has 0 spiro atoms. The Morgan fingerprint density at radius 1 is 1.14 bits per heavy atom. The Kier molecular flexibility index (Phi) is 8.22. The molecule has 0 N–H and O–H groups in total. The van der Waals surface area contributed by atoms with Gasteiger partial charge < -0.3 is 19.2 Å². The molecule has 0 aromatic heterocycles. The second kappa shape index (κ2) is 9.07. The summed E-state index contributed by atoms with van der Waals surface area (Å²) in [4.78, 5) is 30.0. The Hall–Kier alpha value is -2.05. The van der Waals surface area contributed by atoms with Crippen molar-refractivity contribution < 1.29 is 23.9 Å². The fourth-order valence-electron chi connectivity index (χ4n) is 1.32. The molecule has 0 aliphatic carbocycles. The molecule has 7 nitrogen and oxygen atoms in total. The average Bonchev–Trinajstić information content (AvgIpc) is 2.29. The predicted octanol–water partition coefficient (Wildman–Crippen LogP) is 1.73. The SMILES string of the molecule is CC(=O)/C(=N\OCCO/C(C)=C/N(C)C)C(=O)OC(C)(C)C. The number of hydrogen-bond donors (Lipinski definition) is 0. The van der Waals surface area contributed by atoms with Crippen LogP contribution in [0, 0.1) is 0 Å². The topological polar surface area (TPSA) is 77.4 Å². The highest BCUT2D eigenvalue weighted by atomic mass is 16.6. The van der Waals surface area contributed by atoms with Crippen LogP contribution in [0.15, 0.2) is 17.1 Å². The Bertz CT molecular complexity index is 447. The van der Waals surface area contributed by atoms with Crippen molar-refractivity contribution in [2.45, 2.75) is 40.2 Å². The molecule has 0 amide bonds. The van der Waals surface area contributed by atoms with Crippen LogP contribution in [-0.4, -0.2) is 55.3 Å². The van der Waals surface area contributed by atoms with Crippen molar-refractivity contribution in [1.29, 1.82) is 0 Å². The molecule has 0 aromatic carbocycles. The highest BCUT2D eigenvalue weighted by Crippen LogP contribution is 2.08. The number of Topliss-reactive ketones (excluding diaryl/α,β-unsaturated/α-hetero) is 1. The van der Waals surface area contributed by atoms with Crippen LogP contribution in [0.2, 0.25) is 0 Å². The number of ether oxygens (including phenoxy) is 2. The number of nitrogens with zero attached hydrogens (tertiary/aromatic N) is 2. The van der Waals surface area contributed by atoms with Gasteiger partial charge in [-0.05, 0) is 27.7 Å². The first-order chi connectivity index (χ1) is 10.0. The second-order valence-electron chi connectivity index (χ2n) is 5.88. The summed E-state index contributed by atoms with van der Waals surface area (Å²) in [5, 5.41) is 3.55. The number of ketones is 1. The van der Waals surface area contributed by atoms with Gasteiger partial charge in [-0.15, -0.1) is 0 Å². The third-order valence-corrected chi connectivity index (χ3v) is 2.03. The van der Waals surface area contributed by atoms with E-state index in [1.807, 2.05) is 32.1 Å². The van der Waals surface area contributed by atoms with Gasteiger partial charge in [0.15, 0.2) is 12.4 Å². The molecule has 7 heteroatoms. The van der Waals surface area contributed by atoms with Crippen molar-refractivity contribution in [3.63, 3.8) is 0 Å². The van der Waals surface area contributed by atoms with Gasteiger partial charge in [0.1, 0.15) is 18.0 Å². The van der Waals surface area contributed by atoms with Gasteiger partial charge in [0, 0.05) is 27.2 Å². The van der Waals surface area contributed by atoms with Crippen LogP contribution in [0.1, 0.15) is 34.6 Å². The molecular formula is C15H26N2O5. The lowest BCUT2D eigenvalue weighted by Crippen LogP contribution is -2.32. The van der Waals surface area contributed by atoms with Crippen LogP contribution in [0.5, 0.6) is 0 Å². The molecule has 0 atom stereocenters. The van der Waals surface area contributed by atoms with Crippen molar-refractivity contribution in [3.05, 3.63) is 12.0 Å². The molecule has 0 unspecified atom stereocenters. The smallest absolute Gasteiger partial charge is 0.364 e. The third kappa shape index (κ3) is 9.79. The van der Waals surface area contributed by atoms with E-state index in [1.54, 1.807) is 20.8 Å². The number of rotatable bonds is 8. The van der Waals surface area contributed by atoms with Crippen molar-refractivity contribution in [1.82, 2.24) is 4.90 Å². The molecule has 0 aliphatic rings. The zero-order valence-electron chi connectivity index (χ0n) is 14.4. The Morgan fingerprint density at radius 2 is 1.73 bits per heavy atom. The van der Waals surface area contributed by atoms with E-state index in [0.717, 1.165) is 5.76 Å².